The van der Waals surface area contributed by atoms with Crippen LogP contribution in [0.25, 0.3) is 0 Å². The number of thiocarbonyl (C=S) groups is 1. The molecule has 1 aromatic carbocycles. The fourth-order valence-electron chi connectivity index (χ4n) is 1.92. The summed E-state index contributed by atoms with van der Waals surface area (Å²) in [6, 6.07) is 6.32. The maximum atomic E-state index is 5.89. The molecule has 0 amide bonds. The summed E-state index contributed by atoms with van der Waals surface area (Å²) < 4.78 is 5.55. The van der Waals surface area contributed by atoms with Gasteiger partial charge in [-0.1, -0.05) is 32.1 Å². The number of anilines is 1. The molecule has 3 N–H and O–H groups in total. The van der Waals surface area contributed by atoms with E-state index in [2.05, 4.69) is 19.2 Å². The molecule has 5 heteroatoms. The lowest BCUT2D eigenvalue weighted by atomic mass is 10.0. The van der Waals surface area contributed by atoms with Crippen LogP contribution in [0, 0.1) is 5.92 Å². The van der Waals surface area contributed by atoms with Crippen molar-refractivity contribution in [2.75, 3.05) is 24.8 Å². The Hall–Kier alpha value is -0.780. The quantitative estimate of drug-likeness (QED) is 0.568. The van der Waals surface area contributed by atoms with E-state index in [1.165, 1.54) is 0 Å². The molecule has 0 aliphatic rings. The van der Waals surface area contributed by atoms with Gasteiger partial charge in [0.05, 0.1) is 12.6 Å². The highest BCUT2D eigenvalue weighted by Crippen LogP contribution is 2.28. The molecule has 0 aliphatic carbocycles. The van der Waals surface area contributed by atoms with Crippen molar-refractivity contribution < 1.29 is 4.74 Å². The normalized spacial score (nSPS) is 12.4. The summed E-state index contributed by atoms with van der Waals surface area (Å²) in [6.07, 6.45) is 2.03. The van der Waals surface area contributed by atoms with Crippen molar-refractivity contribution in [3.8, 4) is 0 Å². The van der Waals surface area contributed by atoms with Gasteiger partial charge in [0.15, 0.2) is 0 Å². The van der Waals surface area contributed by atoms with Crippen molar-refractivity contribution in [3.63, 3.8) is 0 Å². The van der Waals surface area contributed by atoms with Gasteiger partial charge >= 0.3 is 0 Å². The van der Waals surface area contributed by atoms with E-state index in [0.29, 0.717) is 17.5 Å². The molecule has 0 fully saturated rings. The van der Waals surface area contributed by atoms with Gasteiger partial charge in [0.25, 0.3) is 0 Å². The van der Waals surface area contributed by atoms with Gasteiger partial charge in [-0.25, -0.2) is 0 Å². The molecule has 1 atom stereocenters. The Bertz CT molecular complexity index is 449. The number of hydrogen-bond acceptors (Lipinski definition) is 4. The number of thioether (sulfide) groups is 1. The van der Waals surface area contributed by atoms with Crippen molar-refractivity contribution in [3.05, 3.63) is 23.8 Å². The topological polar surface area (TPSA) is 47.3 Å². The Morgan fingerprint density at radius 3 is 2.65 bits per heavy atom. The molecule has 0 aromatic heterocycles. The van der Waals surface area contributed by atoms with E-state index in [1.54, 1.807) is 11.8 Å². The van der Waals surface area contributed by atoms with Crippen molar-refractivity contribution in [1.29, 1.82) is 0 Å². The van der Waals surface area contributed by atoms with Crippen LogP contribution in [0.4, 0.5) is 5.69 Å². The molecule has 1 rings (SSSR count). The SMILES string of the molecule is CCOCC(Nc1cccc(SC)c1C(N)=S)C(C)C. The molecule has 0 spiro atoms. The molecule has 0 bridgehead atoms. The summed E-state index contributed by atoms with van der Waals surface area (Å²) >= 11 is 6.86. The molecule has 0 radical (unpaired) electrons. The molecule has 0 heterocycles. The predicted molar refractivity (Wildman–Crippen MR) is 92.9 cm³/mol. The third-order valence-corrected chi connectivity index (χ3v) is 4.12. The number of benzene rings is 1. The molecular weight excluding hydrogens is 288 g/mol. The smallest absolute Gasteiger partial charge is 0.107 e. The van der Waals surface area contributed by atoms with E-state index in [9.17, 15) is 0 Å². The highest BCUT2D eigenvalue weighted by Gasteiger charge is 2.17. The average Bonchev–Trinajstić information content (AvgIpc) is 2.42. The van der Waals surface area contributed by atoms with Crippen LogP contribution < -0.4 is 11.1 Å². The average molecular weight is 313 g/mol. The minimum absolute atomic E-state index is 0.236. The van der Waals surface area contributed by atoms with Gasteiger partial charge in [0.1, 0.15) is 4.99 Å². The molecule has 112 valence electrons. The Balaban J connectivity index is 3.02. The first kappa shape index (κ1) is 17.3. The van der Waals surface area contributed by atoms with E-state index in [1.807, 2.05) is 31.4 Å². The molecule has 3 nitrogen and oxygen atoms in total. The summed E-state index contributed by atoms with van der Waals surface area (Å²) in [7, 11) is 0. The Morgan fingerprint density at radius 1 is 1.45 bits per heavy atom. The van der Waals surface area contributed by atoms with Crippen molar-refractivity contribution in [2.24, 2.45) is 11.7 Å². The lowest BCUT2D eigenvalue weighted by molar-refractivity contribution is 0.127. The summed E-state index contributed by atoms with van der Waals surface area (Å²) in [4.78, 5) is 1.53. The second-order valence-electron chi connectivity index (χ2n) is 4.90. The first-order valence-corrected chi connectivity index (χ1v) is 8.45. The van der Waals surface area contributed by atoms with Gasteiger partial charge in [0, 0.05) is 22.8 Å². The zero-order valence-corrected chi connectivity index (χ0v) is 14.2. The largest absolute Gasteiger partial charge is 0.389 e. The van der Waals surface area contributed by atoms with E-state index in [0.717, 1.165) is 22.8 Å². The first-order chi connectivity index (χ1) is 9.51. The fourth-order valence-corrected chi connectivity index (χ4v) is 2.84. The van der Waals surface area contributed by atoms with E-state index < -0.39 is 0 Å². The fraction of sp³-hybridized carbons (Fsp3) is 0.533. The summed E-state index contributed by atoms with van der Waals surface area (Å²) in [5, 5.41) is 3.53. The van der Waals surface area contributed by atoms with E-state index in [-0.39, 0.29) is 6.04 Å². The van der Waals surface area contributed by atoms with Crippen molar-refractivity contribution >= 4 is 34.7 Å². The second kappa shape index (κ2) is 8.49. The standard InChI is InChI=1S/C15H24N2OS2/c1-5-18-9-12(10(2)3)17-11-7-6-8-13(20-4)14(11)15(16)19/h6-8,10,12,17H,5,9H2,1-4H3,(H2,16,19). The zero-order valence-electron chi connectivity index (χ0n) is 12.6. The molecule has 0 saturated carbocycles. The van der Waals surface area contributed by atoms with Crippen molar-refractivity contribution in [1.82, 2.24) is 0 Å². The maximum Gasteiger partial charge on any atom is 0.107 e. The van der Waals surface area contributed by atoms with Gasteiger partial charge in [-0.3, -0.25) is 0 Å². The first-order valence-electron chi connectivity index (χ1n) is 6.82. The number of hydrogen-bond donors (Lipinski definition) is 2. The van der Waals surface area contributed by atoms with E-state index >= 15 is 0 Å². The molecule has 1 aromatic rings. The van der Waals surface area contributed by atoms with Crippen LogP contribution in [0.2, 0.25) is 0 Å². The number of nitrogens with one attached hydrogen (secondary N) is 1. The molecular formula is C15H24N2OS2. The number of ether oxygens (including phenoxy) is 1. The number of rotatable bonds is 8. The Morgan fingerprint density at radius 2 is 2.15 bits per heavy atom. The van der Waals surface area contributed by atoms with Crippen molar-refractivity contribution in [2.45, 2.75) is 31.7 Å². The van der Waals surface area contributed by atoms with Gasteiger partial charge in [-0.05, 0) is 31.2 Å². The highest BCUT2D eigenvalue weighted by molar-refractivity contribution is 7.98. The molecule has 1 unspecified atom stereocenters. The lowest BCUT2D eigenvalue weighted by Gasteiger charge is -2.25. The minimum atomic E-state index is 0.236. The highest BCUT2D eigenvalue weighted by atomic mass is 32.2. The summed E-state index contributed by atoms with van der Waals surface area (Å²) in [5.74, 6) is 0.457. The lowest BCUT2D eigenvalue weighted by Crippen LogP contribution is -2.32. The van der Waals surface area contributed by atoms with Crippen LogP contribution in [0.3, 0.4) is 0 Å². The molecule has 0 saturated heterocycles. The Kier molecular flexibility index (Phi) is 7.34. The minimum Gasteiger partial charge on any atom is -0.389 e. The van der Waals surface area contributed by atoms with Crippen LogP contribution in [0.15, 0.2) is 23.1 Å². The summed E-state index contributed by atoms with van der Waals surface area (Å²) in [5.41, 5.74) is 7.81. The zero-order chi connectivity index (χ0) is 15.1. The van der Waals surface area contributed by atoms with Crippen LogP contribution in [0.1, 0.15) is 26.3 Å². The maximum absolute atomic E-state index is 5.89. The third kappa shape index (κ3) is 4.65. The summed E-state index contributed by atoms with van der Waals surface area (Å²) in [6.45, 7) is 7.75. The van der Waals surface area contributed by atoms with Gasteiger partial charge in [-0.15, -0.1) is 11.8 Å². The van der Waals surface area contributed by atoms with Gasteiger partial charge < -0.3 is 15.8 Å². The van der Waals surface area contributed by atoms with Crippen LogP contribution in [-0.2, 0) is 4.74 Å². The number of nitrogens with two attached hydrogens (primary N) is 1. The monoisotopic (exact) mass is 312 g/mol. The van der Waals surface area contributed by atoms with E-state index in [4.69, 9.17) is 22.7 Å². The van der Waals surface area contributed by atoms with Gasteiger partial charge in [0.2, 0.25) is 0 Å². The van der Waals surface area contributed by atoms with Crippen LogP contribution >= 0.6 is 24.0 Å². The second-order valence-corrected chi connectivity index (χ2v) is 6.19. The van der Waals surface area contributed by atoms with Crippen LogP contribution in [-0.4, -0.2) is 30.5 Å². The molecule has 20 heavy (non-hydrogen) atoms. The Labute approximate surface area is 131 Å². The van der Waals surface area contributed by atoms with Crippen LogP contribution in [0.5, 0.6) is 0 Å². The molecule has 0 aliphatic heterocycles. The predicted octanol–water partition coefficient (Wildman–Crippen LogP) is 3.52. The van der Waals surface area contributed by atoms with Gasteiger partial charge in [-0.2, -0.15) is 0 Å². The third-order valence-electron chi connectivity index (χ3n) is 3.14.